The first-order valence-electron chi connectivity index (χ1n) is 12.2. The third-order valence-corrected chi connectivity index (χ3v) is 6.23. The molecule has 0 atom stereocenters. The number of nitrogens with zero attached hydrogens (tertiary/aromatic N) is 4. The van der Waals surface area contributed by atoms with Crippen LogP contribution in [0.25, 0.3) is 5.65 Å². The van der Waals surface area contributed by atoms with Crippen LogP contribution in [0.2, 0.25) is 0 Å². The topological polar surface area (TPSA) is 94.5 Å². The Morgan fingerprint density at radius 1 is 1.15 bits per heavy atom. The Labute approximate surface area is 200 Å². The number of nitrogens with one attached hydrogen (secondary N) is 1. The van der Waals surface area contributed by atoms with Gasteiger partial charge in [0, 0.05) is 11.6 Å². The number of ketones is 1. The van der Waals surface area contributed by atoms with E-state index in [0.29, 0.717) is 29.6 Å². The Morgan fingerprint density at radius 3 is 2.53 bits per heavy atom. The number of carbonyl (C=O) groups excluding carboxylic acids is 1. The summed E-state index contributed by atoms with van der Waals surface area (Å²) in [5.74, 6) is 1.67. The molecule has 34 heavy (non-hydrogen) atoms. The van der Waals surface area contributed by atoms with E-state index in [9.17, 15) is 4.79 Å². The summed E-state index contributed by atoms with van der Waals surface area (Å²) in [6.45, 7) is 11.1. The number of hydrogen-bond acceptors (Lipinski definition) is 6. The predicted octanol–water partition coefficient (Wildman–Crippen LogP) is 4.55. The molecule has 8 heteroatoms. The van der Waals surface area contributed by atoms with Gasteiger partial charge in [0.15, 0.2) is 11.4 Å². The second-order valence-electron chi connectivity index (χ2n) is 10.2. The molecule has 0 aliphatic heterocycles. The van der Waals surface area contributed by atoms with E-state index in [1.807, 2.05) is 12.1 Å². The molecule has 0 bridgehead atoms. The number of aromatic nitrogens is 4. The van der Waals surface area contributed by atoms with Crippen LogP contribution in [0.3, 0.4) is 0 Å². The van der Waals surface area contributed by atoms with E-state index < -0.39 is 0 Å². The fourth-order valence-electron chi connectivity index (χ4n) is 3.71. The molecule has 1 fully saturated rings. The van der Waals surface area contributed by atoms with Crippen molar-refractivity contribution in [3.05, 3.63) is 47.1 Å². The highest BCUT2D eigenvalue weighted by atomic mass is 16.5. The predicted molar refractivity (Wildman–Crippen MR) is 130 cm³/mol. The highest BCUT2D eigenvalue weighted by Gasteiger charge is 2.23. The maximum Gasteiger partial charge on any atom is 0.242 e. The third-order valence-electron chi connectivity index (χ3n) is 6.23. The number of ether oxygens (including phenoxy) is 2. The summed E-state index contributed by atoms with van der Waals surface area (Å²) in [7, 11) is 0. The van der Waals surface area contributed by atoms with Gasteiger partial charge in [-0.25, -0.2) is 4.68 Å². The summed E-state index contributed by atoms with van der Waals surface area (Å²) in [5, 5.41) is 17.3. The van der Waals surface area contributed by atoms with Crippen molar-refractivity contribution < 1.29 is 14.3 Å². The number of benzene rings is 1. The van der Waals surface area contributed by atoms with Gasteiger partial charge in [0.05, 0.1) is 12.7 Å². The van der Waals surface area contributed by atoms with Gasteiger partial charge < -0.3 is 9.47 Å². The van der Waals surface area contributed by atoms with E-state index in [2.05, 4.69) is 44.8 Å². The highest BCUT2D eigenvalue weighted by Crippen LogP contribution is 2.32. The molecule has 1 aliphatic rings. The molecular formula is C26H35N5O3. The lowest BCUT2D eigenvalue weighted by atomic mass is 9.85. The zero-order chi connectivity index (χ0) is 24.5. The van der Waals surface area contributed by atoms with Crippen molar-refractivity contribution in [1.82, 2.24) is 19.4 Å². The van der Waals surface area contributed by atoms with Crippen LogP contribution in [0, 0.1) is 11.3 Å². The maximum absolute atomic E-state index is 13.3. The number of hydrogen-bond donors (Lipinski definition) is 1. The molecule has 2 aromatic heterocycles. The van der Waals surface area contributed by atoms with Gasteiger partial charge in [-0.2, -0.15) is 4.52 Å². The smallest absolute Gasteiger partial charge is 0.242 e. The molecule has 0 amide bonds. The van der Waals surface area contributed by atoms with Crippen LogP contribution in [0.15, 0.2) is 30.3 Å². The first kappa shape index (κ1) is 24.0. The fraction of sp³-hybridized carbons (Fsp3) is 0.538. The number of carbonyl (C=O) groups is 1. The molecule has 1 aliphatic carbocycles. The number of rotatable bonds is 10. The minimum atomic E-state index is -0.127. The Hall–Kier alpha value is -3.16. The van der Waals surface area contributed by atoms with Gasteiger partial charge in [0.1, 0.15) is 12.3 Å². The van der Waals surface area contributed by atoms with E-state index in [0.717, 1.165) is 24.2 Å². The van der Waals surface area contributed by atoms with Crippen molar-refractivity contribution in [2.45, 2.75) is 78.4 Å². The molecule has 3 aromatic rings. The molecule has 8 nitrogen and oxygen atoms in total. The molecule has 1 N–H and O–H groups in total. The highest BCUT2D eigenvalue weighted by molar-refractivity contribution is 5.96. The van der Waals surface area contributed by atoms with E-state index >= 15 is 0 Å². The van der Waals surface area contributed by atoms with Crippen molar-refractivity contribution in [2.75, 3.05) is 6.61 Å². The molecule has 0 saturated heterocycles. The van der Waals surface area contributed by atoms with E-state index in [4.69, 9.17) is 14.9 Å². The Balaban J connectivity index is 1.58. The Morgan fingerprint density at radius 2 is 1.88 bits per heavy atom. The quantitative estimate of drug-likeness (QED) is 0.443. The lowest BCUT2D eigenvalue weighted by Crippen LogP contribution is -2.27. The van der Waals surface area contributed by atoms with Crippen LogP contribution in [0.5, 0.6) is 11.6 Å². The average molecular weight is 466 g/mol. The minimum absolute atomic E-state index is 0.0236. The fourth-order valence-corrected chi connectivity index (χ4v) is 3.71. The lowest BCUT2D eigenvalue weighted by Gasteiger charge is -2.21. The summed E-state index contributed by atoms with van der Waals surface area (Å²) < 4.78 is 14.7. The van der Waals surface area contributed by atoms with Crippen LogP contribution in [-0.2, 0) is 12.0 Å². The number of Topliss-reactive ketones (excluding diaryl/α,β-unsaturated/α-hetero) is 1. The Kier molecular flexibility index (Phi) is 6.77. The first-order valence-corrected chi connectivity index (χ1v) is 12.2. The van der Waals surface area contributed by atoms with Crippen LogP contribution >= 0.6 is 0 Å². The largest absolute Gasteiger partial charge is 0.493 e. The van der Waals surface area contributed by atoms with Gasteiger partial charge in [-0.1, -0.05) is 34.6 Å². The van der Waals surface area contributed by atoms with E-state index in [1.54, 1.807) is 18.2 Å². The van der Waals surface area contributed by atoms with Gasteiger partial charge in [-0.3, -0.25) is 10.2 Å². The average Bonchev–Trinajstić information content (AvgIpc) is 3.59. The molecule has 4 rings (SSSR count). The van der Waals surface area contributed by atoms with Crippen molar-refractivity contribution in [1.29, 1.82) is 5.41 Å². The molecule has 0 radical (unpaired) electrons. The van der Waals surface area contributed by atoms with Gasteiger partial charge >= 0.3 is 0 Å². The minimum Gasteiger partial charge on any atom is -0.493 e. The van der Waals surface area contributed by atoms with Gasteiger partial charge in [-0.05, 0) is 66.8 Å². The second kappa shape index (κ2) is 9.60. The molecule has 1 aromatic carbocycles. The van der Waals surface area contributed by atoms with Crippen molar-refractivity contribution >= 4 is 11.4 Å². The van der Waals surface area contributed by atoms with E-state index in [-0.39, 0.29) is 29.5 Å². The molecule has 0 spiro atoms. The number of fused-ring (bicyclic) bond motifs is 1. The second-order valence-corrected chi connectivity index (χ2v) is 10.2. The molecule has 0 unspecified atom stereocenters. The normalized spacial score (nSPS) is 14.1. The SMILES string of the molecule is CCC(CC)Oc1ccc2nn(CC(=O)c3cc(OCC4CC4)cc(C(C)(C)C)c3)c(=N)n2n1. The van der Waals surface area contributed by atoms with Gasteiger partial charge in [0.2, 0.25) is 11.5 Å². The maximum atomic E-state index is 13.3. The summed E-state index contributed by atoms with van der Waals surface area (Å²) in [4.78, 5) is 13.3. The molecular weight excluding hydrogens is 430 g/mol. The molecule has 1 saturated carbocycles. The van der Waals surface area contributed by atoms with Crippen LogP contribution in [-0.4, -0.2) is 37.9 Å². The summed E-state index contributed by atoms with van der Waals surface area (Å²) in [6, 6.07) is 9.26. The summed E-state index contributed by atoms with van der Waals surface area (Å²) in [5.41, 5.74) is 2.00. The van der Waals surface area contributed by atoms with Crippen molar-refractivity contribution in [2.24, 2.45) is 5.92 Å². The summed E-state index contributed by atoms with van der Waals surface area (Å²) in [6.07, 6.45) is 4.24. The van der Waals surface area contributed by atoms with Crippen LogP contribution in [0.1, 0.15) is 76.2 Å². The van der Waals surface area contributed by atoms with Crippen molar-refractivity contribution in [3.8, 4) is 11.6 Å². The lowest BCUT2D eigenvalue weighted by molar-refractivity contribution is 0.0965. The van der Waals surface area contributed by atoms with Gasteiger partial charge in [-0.15, -0.1) is 10.2 Å². The Bertz CT molecular complexity index is 1230. The molecule has 2 heterocycles. The molecule has 182 valence electrons. The zero-order valence-corrected chi connectivity index (χ0v) is 20.8. The van der Waals surface area contributed by atoms with Crippen LogP contribution in [0.4, 0.5) is 0 Å². The monoisotopic (exact) mass is 465 g/mol. The van der Waals surface area contributed by atoms with Crippen molar-refractivity contribution in [3.63, 3.8) is 0 Å². The van der Waals surface area contributed by atoms with E-state index in [1.165, 1.54) is 22.0 Å². The van der Waals surface area contributed by atoms with Crippen LogP contribution < -0.4 is 15.1 Å². The van der Waals surface area contributed by atoms with Gasteiger partial charge in [0.25, 0.3) is 0 Å². The first-order chi connectivity index (χ1) is 16.2. The third kappa shape index (κ3) is 5.48. The summed E-state index contributed by atoms with van der Waals surface area (Å²) >= 11 is 0. The zero-order valence-electron chi connectivity index (χ0n) is 20.8. The standard InChI is InChI=1S/C26H35N5O3/c1-6-20(7-2)34-24-11-10-23-28-30(25(27)31(23)29-24)15-22(32)18-12-19(26(3,4)5)14-21(13-18)33-16-17-8-9-17/h10-14,17,20,27H,6-9,15-16H2,1-5H3.